The van der Waals surface area contributed by atoms with E-state index in [2.05, 4.69) is 30.8 Å². The Labute approximate surface area is 233 Å². The van der Waals surface area contributed by atoms with Gasteiger partial charge in [-0.2, -0.15) is 9.97 Å². The van der Waals surface area contributed by atoms with Crippen molar-refractivity contribution < 1.29 is 27.4 Å². The summed E-state index contributed by atoms with van der Waals surface area (Å²) in [7, 11) is 0. The second-order valence-corrected chi connectivity index (χ2v) is 13.0. The Balaban J connectivity index is 1.33. The number of hydrogen-bond acceptors (Lipinski definition) is 7. The van der Waals surface area contributed by atoms with E-state index in [1.807, 2.05) is 25.7 Å². The van der Waals surface area contributed by atoms with Crippen molar-refractivity contribution in [2.24, 2.45) is 0 Å². The molecule has 7 rings (SSSR count). The number of ether oxygens (including phenoxy) is 2. The normalized spacial score (nSPS) is 28.8. The number of fused-ring (bicyclic) bond motifs is 5. The maximum absolute atomic E-state index is 15.3. The van der Waals surface area contributed by atoms with Crippen LogP contribution < -0.4 is 9.64 Å². The average Bonchev–Trinajstić information content (AvgIpc) is 3.41. The molecule has 0 N–H and O–H groups in total. The molecule has 1 amide bonds. The molecule has 0 saturated carbocycles. The monoisotopic (exact) mass is 611 g/mol. The molecule has 5 saturated heterocycles. The number of rotatable bonds is 4. The van der Waals surface area contributed by atoms with E-state index in [4.69, 9.17) is 9.47 Å². The van der Waals surface area contributed by atoms with Crippen LogP contribution in [0.15, 0.2) is 10.5 Å². The van der Waals surface area contributed by atoms with Crippen LogP contribution in [-0.4, -0.2) is 88.0 Å². The Kier molecular flexibility index (Phi) is 6.64. The smallest absolute Gasteiger partial charge is 0.410 e. The highest BCUT2D eigenvalue weighted by atomic mass is 79.9. The number of amides is 1. The minimum atomic E-state index is -0.907. The molecule has 1 aromatic heterocycles. The van der Waals surface area contributed by atoms with E-state index in [1.54, 1.807) is 4.90 Å². The van der Waals surface area contributed by atoms with Crippen molar-refractivity contribution in [2.45, 2.75) is 82.3 Å². The van der Waals surface area contributed by atoms with Crippen LogP contribution in [0, 0.1) is 11.6 Å². The molecule has 0 aliphatic carbocycles. The molecule has 5 fully saturated rings. The van der Waals surface area contributed by atoms with Crippen molar-refractivity contribution >= 4 is 38.7 Å². The standard InChI is InChI=1S/C27H33BrF3N5O3/c1-26(2,3)39-25(37)36-13-16-5-6-17(36)12-35(16)23-18-9-19(30)20(28)21(31)22(18)32-24(33-23)38-14-27-7-4-8-34(27)11-15(29)10-27/h9,15-17H,4-8,10-14H2,1-3H3/t15-,16+,17+,27+/m1/s1. The summed E-state index contributed by atoms with van der Waals surface area (Å²) < 4.78 is 55.7. The molecule has 2 bridgehead atoms. The van der Waals surface area contributed by atoms with Crippen LogP contribution in [0.3, 0.4) is 0 Å². The van der Waals surface area contributed by atoms with E-state index in [1.165, 1.54) is 6.07 Å². The van der Waals surface area contributed by atoms with Gasteiger partial charge in [0.2, 0.25) is 0 Å². The number of piperazine rings is 1. The molecule has 6 heterocycles. The number of carbonyl (C=O) groups is 1. The van der Waals surface area contributed by atoms with Gasteiger partial charge in [0.05, 0.1) is 16.1 Å². The molecule has 8 nitrogen and oxygen atoms in total. The van der Waals surface area contributed by atoms with Gasteiger partial charge in [0, 0.05) is 37.5 Å². The summed E-state index contributed by atoms with van der Waals surface area (Å²) in [6.45, 7) is 7.75. The molecule has 0 unspecified atom stereocenters. The Morgan fingerprint density at radius 1 is 1.18 bits per heavy atom. The molecule has 0 radical (unpaired) electrons. The molecule has 4 atom stereocenters. The Hall–Kier alpha value is -2.34. The summed E-state index contributed by atoms with van der Waals surface area (Å²) in [6.07, 6.45) is 2.48. The van der Waals surface area contributed by atoms with E-state index in [0.717, 1.165) is 32.2 Å². The Morgan fingerprint density at radius 3 is 2.67 bits per heavy atom. The Morgan fingerprint density at radius 2 is 1.95 bits per heavy atom. The number of alkyl halides is 1. The maximum atomic E-state index is 15.3. The number of aromatic nitrogens is 2. The third-order valence-electron chi connectivity index (χ3n) is 8.45. The summed E-state index contributed by atoms with van der Waals surface area (Å²) in [5.41, 5.74) is -1.08. The third-order valence-corrected chi connectivity index (χ3v) is 9.17. The zero-order valence-electron chi connectivity index (χ0n) is 22.4. The van der Waals surface area contributed by atoms with Gasteiger partial charge in [0.25, 0.3) is 0 Å². The molecule has 212 valence electrons. The van der Waals surface area contributed by atoms with Crippen LogP contribution in [0.2, 0.25) is 0 Å². The van der Waals surface area contributed by atoms with Gasteiger partial charge in [-0.05, 0) is 75.0 Å². The van der Waals surface area contributed by atoms with Crippen molar-refractivity contribution in [2.75, 3.05) is 37.7 Å². The first kappa shape index (κ1) is 26.9. The van der Waals surface area contributed by atoms with Crippen LogP contribution in [-0.2, 0) is 4.74 Å². The number of carbonyl (C=O) groups excluding carboxylic acids is 1. The van der Waals surface area contributed by atoms with Gasteiger partial charge in [-0.25, -0.2) is 18.0 Å². The quantitative estimate of drug-likeness (QED) is 0.439. The van der Waals surface area contributed by atoms with Crippen molar-refractivity contribution in [1.29, 1.82) is 0 Å². The highest BCUT2D eigenvalue weighted by Crippen LogP contribution is 2.42. The molecular weight excluding hydrogens is 579 g/mol. The van der Waals surface area contributed by atoms with E-state index < -0.39 is 28.9 Å². The van der Waals surface area contributed by atoms with E-state index >= 15 is 4.39 Å². The fourth-order valence-corrected chi connectivity index (χ4v) is 7.00. The van der Waals surface area contributed by atoms with Crippen LogP contribution in [0.4, 0.5) is 23.8 Å². The number of anilines is 1. The lowest BCUT2D eigenvalue weighted by atomic mass is 9.91. The highest BCUT2D eigenvalue weighted by molar-refractivity contribution is 9.10. The summed E-state index contributed by atoms with van der Waals surface area (Å²) in [5, 5.41) is 0.238. The number of nitrogens with zero attached hydrogens (tertiary/aromatic N) is 5. The van der Waals surface area contributed by atoms with Gasteiger partial charge in [0.15, 0.2) is 5.82 Å². The van der Waals surface area contributed by atoms with Crippen molar-refractivity contribution in [3.05, 3.63) is 22.2 Å². The first-order chi connectivity index (χ1) is 18.4. The number of halogens is 4. The first-order valence-electron chi connectivity index (χ1n) is 13.6. The second kappa shape index (κ2) is 9.64. The zero-order valence-corrected chi connectivity index (χ0v) is 23.9. The number of piperidine rings is 2. The summed E-state index contributed by atoms with van der Waals surface area (Å²) in [4.78, 5) is 27.8. The van der Waals surface area contributed by atoms with Gasteiger partial charge < -0.3 is 19.3 Å². The largest absolute Gasteiger partial charge is 0.461 e. The molecule has 12 heteroatoms. The van der Waals surface area contributed by atoms with Crippen LogP contribution in [0.25, 0.3) is 10.9 Å². The Bertz CT molecular complexity index is 1310. The van der Waals surface area contributed by atoms with Gasteiger partial charge in [-0.3, -0.25) is 4.90 Å². The zero-order chi connectivity index (χ0) is 27.7. The third kappa shape index (κ3) is 4.81. The topological polar surface area (TPSA) is 71.0 Å². The van der Waals surface area contributed by atoms with Crippen molar-refractivity contribution in [3.8, 4) is 6.01 Å². The number of hydrogen-bond donors (Lipinski definition) is 0. The lowest BCUT2D eigenvalue weighted by molar-refractivity contribution is 0.000794. The molecule has 5 aliphatic rings. The molecule has 39 heavy (non-hydrogen) atoms. The maximum Gasteiger partial charge on any atom is 0.410 e. The minimum Gasteiger partial charge on any atom is -0.461 e. The molecular formula is C27H33BrF3N5O3. The highest BCUT2D eigenvalue weighted by Gasteiger charge is 2.49. The van der Waals surface area contributed by atoms with Crippen LogP contribution in [0.1, 0.15) is 52.9 Å². The van der Waals surface area contributed by atoms with Gasteiger partial charge in [-0.1, -0.05) is 0 Å². The average molecular weight is 612 g/mol. The summed E-state index contributed by atoms with van der Waals surface area (Å²) >= 11 is 2.99. The summed E-state index contributed by atoms with van der Waals surface area (Å²) in [6, 6.07) is 0.964. The summed E-state index contributed by atoms with van der Waals surface area (Å²) in [5.74, 6) is -1.22. The lowest BCUT2D eigenvalue weighted by Gasteiger charge is -2.51. The lowest BCUT2D eigenvalue weighted by Crippen LogP contribution is -2.64. The van der Waals surface area contributed by atoms with Crippen LogP contribution >= 0.6 is 15.9 Å². The van der Waals surface area contributed by atoms with Gasteiger partial charge >= 0.3 is 12.1 Å². The van der Waals surface area contributed by atoms with Gasteiger partial charge in [0.1, 0.15) is 35.5 Å². The molecule has 2 aromatic rings. The predicted molar refractivity (Wildman–Crippen MR) is 143 cm³/mol. The second-order valence-electron chi connectivity index (χ2n) is 12.2. The van der Waals surface area contributed by atoms with Crippen LogP contribution in [0.5, 0.6) is 6.01 Å². The van der Waals surface area contributed by atoms with E-state index in [-0.39, 0.29) is 46.2 Å². The molecule has 5 aliphatic heterocycles. The minimum absolute atomic E-state index is 0.0242. The fraction of sp³-hybridized carbons (Fsp3) is 0.667. The predicted octanol–water partition coefficient (Wildman–Crippen LogP) is 5.21. The van der Waals surface area contributed by atoms with Crippen molar-refractivity contribution in [3.63, 3.8) is 0 Å². The van der Waals surface area contributed by atoms with E-state index in [9.17, 15) is 13.6 Å². The molecule has 1 aromatic carbocycles. The number of benzene rings is 1. The van der Waals surface area contributed by atoms with E-state index in [0.29, 0.717) is 31.9 Å². The van der Waals surface area contributed by atoms with Gasteiger partial charge in [-0.15, -0.1) is 0 Å². The first-order valence-corrected chi connectivity index (χ1v) is 14.4. The SMILES string of the molecule is CC(C)(C)OC(=O)N1C[C@@H]2CC[C@H]1CN2c1nc(OC[C@@]23CCCN2C[C@H](F)C3)nc2c(F)c(Br)c(F)cc12. The molecule has 0 spiro atoms. The fourth-order valence-electron chi connectivity index (χ4n) is 6.70. The van der Waals surface area contributed by atoms with Crippen molar-refractivity contribution in [1.82, 2.24) is 19.8 Å².